The van der Waals surface area contributed by atoms with Crippen LogP contribution < -0.4 is 5.32 Å². The van der Waals surface area contributed by atoms with Gasteiger partial charge in [0.25, 0.3) is 0 Å². The molecule has 0 saturated heterocycles. The Labute approximate surface area is 155 Å². The second-order valence-corrected chi connectivity index (χ2v) is 9.56. The molecule has 0 unspecified atom stereocenters. The van der Waals surface area contributed by atoms with Crippen molar-refractivity contribution in [3.05, 3.63) is 62.8 Å². The van der Waals surface area contributed by atoms with Crippen LogP contribution in [0.5, 0.6) is 0 Å². The van der Waals surface area contributed by atoms with Crippen molar-refractivity contribution in [2.45, 2.75) is 11.4 Å². The normalized spacial score (nSPS) is 11.9. The lowest BCUT2D eigenvalue weighted by Gasteiger charge is -2.09. The summed E-state index contributed by atoms with van der Waals surface area (Å²) in [4.78, 5) is 1.25. The quantitative estimate of drug-likeness (QED) is 0.607. The van der Waals surface area contributed by atoms with Crippen molar-refractivity contribution in [1.82, 2.24) is 5.32 Å². The van der Waals surface area contributed by atoms with E-state index in [1.165, 1.54) is 11.3 Å². The molecule has 24 heavy (non-hydrogen) atoms. The molecule has 0 atom stereocenters. The van der Waals surface area contributed by atoms with E-state index < -0.39 is 9.84 Å². The van der Waals surface area contributed by atoms with Gasteiger partial charge in [-0.2, -0.15) is 0 Å². The Hall–Kier alpha value is -1.11. The summed E-state index contributed by atoms with van der Waals surface area (Å²) in [5, 5.41) is 5.09. The van der Waals surface area contributed by atoms with Crippen LogP contribution in [0.1, 0.15) is 4.88 Å². The summed E-state index contributed by atoms with van der Waals surface area (Å²) >= 11 is 13.7. The third-order valence-corrected chi connectivity index (χ3v) is 7.14. The summed E-state index contributed by atoms with van der Waals surface area (Å²) in [6.45, 7) is 0.944. The second kappa shape index (κ2) is 7.42. The Morgan fingerprint density at radius 1 is 1.00 bits per heavy atom. The van der Waals surface area contributed by atoms with Crippen molar-refractivity contribution in [2.24, 2.45) is 0 Å². The summed E-state index contributed by atoms with van der Waals surface area (Å²) in [6.07, 6.45) is 0. The molecule has 126 valence electrons. The molecule has 3 aromatic rings. The van der Waals surface area contributed by atoms with Crippen molar-refractivity contribution >= 4 is 55.1 Å². The van der Waals surface area contributed by atoms with Crippen molar-refractivity contribution in [3.63, 3.8) is 0 Å². The van der Waals surface area contributed by atoms with Crippen molar-refractivity contribution in [3.8, 4) is 0 Å². The predicted molar refractivity (Wildman–Crippen MR) is 102 cm³/mol. The van der Waals surface area contributed by atoms with Crippen LogP contribution in [0.3, 0.4) is 0 Å². The van der Waals surface area contributed by atoms with Crippen LogP contribution in [0.2, 0.25) is 9.36 Å². The molecule has 0 aliphatic rings. The lowest BCUT2D eigenvalue weighted by molar-refractivity contribution is 0.591. The summed E-state index contributed by atoms with van der Waals surface area (Å²) < 4.78 is 25.9. The number of rotatable bonds is 6. The van der Waals surface area contributed by atoms with Crippen LogP contribution in [0, 0.1) is 0 Å². The van der Waals surface area contributed by atoms with Gasteiger partial charge >= 0.3 is 0 Å². The number of sulfone groups is 1. The van der Waals surface area contributed by atoms with E-state index >= 15 is 0 Å². The molecule has 0 bridgehead atoms. The first kappa shape index (κ1) is 17.7. The number of thiophene rings is 1. The smallest absolute Gasteiger partial charge is 0.181 e. The fourth-order valence-corrected chi connectivity index (χ4v) is 5.36. The zero-order chi connectivity index (χ0) is 17.2. The number of hydrogen-bond acceptors (Lipinski definition) is 4. The van der Waals surface area contributed by atoms with Gasteiger partial charge in [-0.15, -0.1) is 11.3 Å². The zero-order valence-electron chi connectivity index (χ0n) is 12.6. The van der Waals surface area contributed by atoms with E-state index in [-0.39, 0.29) is 15.7 Å². The minimum absolute atomic E-state index is 0.00975. The molecular weight excluding hydrogens is 385 g/mol. The third-order valence-electron chi connectivity index (χ3n) is 3.64. The molecule has 2 aromatic carbocycles. The Balaban J connectivity index is 1.70. The number of halogens is 2. The van der Waals surface area contributed by atoms with Gasteiger partial charge in [-0.25, -0.2) is 8.42 Å². The number of fused-ring (bicyclic) bond motifs is 1. The summed E-state index contributed by atoms with van der Waals surface area (Å²) in [5.41, 5.74) is 0. The molecular formula is C17H15Cl2NO2S2. The average molecular weight is 400 g/mol. The van der Waals surface area contributed by atoms with Gasteiger partial charge in [-0.05, 0) is 23.6 Å². The number of benzene rings is 2. The molecule has 0 fully saturated rings. The van der Waals surface area contributed by atoms with Crippen LogP contribution in [0.25, 0.3) is 10.8 Å². The fourth-order valence-electron chi connectivity index (χ4n) is 2.43. The molecule has 0 aliphatic heterocycles. The van der Waals surface area contributed by atoms with E-state index in [1.54, 1.807) is 12.1 Å². The number of hydrogen-bond donors (Lipinski definition) is 1. The van der Waals surface area contributed by atoms with E-state index in [0.717, 1.165) is 20.0 Å². The lowest BCUT2D eigenvalue weighted by Crippen LogP contribution is -2.22. The van der Waals surface area contributed by atoms with E-state index in [4.69, 9.17) is 23.2 Å². The Kier molecular flexibility index (Phi) is 5.47. The van der Waals surface area contributed by atoms with Crippen LogP contribution in [-0.4, -0.2) is 20.7 Å². The Bertz CT molecular complexity index is 968. The van der Waals surface area contributed by atoms with Gasteiger partial charge in [-0.3, -0.25) is 0 Å². The first-order valence-corrected chi connectivity index (χ1v) is 10.5. The van der Waals surface area contributed by atoms with Crippen LogP contribution in [0.4, 0.5) is 0 Å². The summed E-state index contributed by atoms with van der Waals surface area (Å²) in [5.74, 6) is -0.00975. The molecule has 1 N–H and O–H groups in total. The third kappa shape index (κ3) is 3.92. The van der Waals surface area contributed by atoms with Crippen molar-refractivity contribution < 1.29 is 8.42 Å². The molecule has 0 spiro atoms. The summed E-state index contributed by atoms with van der Waals surface area (Å²) in [7, 11) is -3.45. The highest BCUT2D eigenvalue weighted by Gasteiger charge is 2.19. The van der Waals surface area contributed by atoms with E-state index in [1.807, 2.05) is 36.4 Å². The Morgan fingerprint density at radius 3 is 2.54 bits per heavy atom. The first-order chi connectivity index (χ1) is 11.5. The average Bonchev–Trinajstić information content (AvgIpc) is 2.97. The zero-order valence-corrected chi connectivity index (χ0v) is 15.8. The van der Waals surface area contributed by atoms with Gasteiger partial charge in [0.05, 0.1) is 20.0 Å². The van der Waals surface area contributed by atoms with E-state index in [2.05, 4.69) is 5.32 Å². The minimum atomic E-state index is -3.45. The predicted octanol–water partition coefficient (Wildman–Crippen LogP) is 4.77. The molecule has 0 radical (unpaired) electrons. The van der Waals surface area contributed by atoms with Gasteiger partial charge in [0, 0.05) is 23.4 Å². The van der Waals surface area contributed by atoms with E-state index in [9.17, 15) is 8.42 Å². The maximum Gasteiger partial charge on any atom is 0.181 e. The second-order valence-electron chi connectivity index (χ2n) is 5.30. The molecule has 7 heteroatoms. The molecule has 1 aromatic heterocycles. The highest BCUT2D eigenvalue weighted by atomic mass is 35.5. The molecule has 3 nitrogen and oxygen atoms in total. The molecule has 3 rings (SSSR count). The number of nitrogens with one attached hydrogen (secondary N) is 1. The van der Waals surface area contributed by atoms with Gasteiger partial charge < -0.3 is 5.32 Å². The molecule has 0 aliphatic carbocycles. The van der Waals surface area contributed by atoms with Gasteiger partial charge in [0.15, 0.2) is 9.84 Å². The molecule has 1 heterocycles. The summed E-state index contributed by atoms with van der Waals surface area (Å²) in [6, 6.07) is 14.6. The maximum absolute atomic E-state index is 12.6. The Morgan fingerprint density at radius 2 is 1.79 bits per heavy atom. The van der Waals surface area contributed by atoms with Crippen LogP contribution in [-0.2, 0) is 16.4 Å². The van der Waals surface area contributed by atoms with E-state index in [0.29, 0.717) is 13.1 Å². The lowest BCUT2D eigenvalue weighted by atomic mass is 10.1. The van der Waals surface area contributed by atoms with Crippen molar-refractivity contribution in [2.75, 3.05) is 12.3 Å². The monoisotopic (exact) mass is 399 g/mol. The minimum Gasteiger partial charge on any atom is -0.311 e. The largest absolute Gasteiger partial charge is 0.311 e. The topological polar surface area (TPSA) is 46.2 Å². The molecule has 0 saturated carbocycles. The fraction of sp³-hybridized carbons (Fsp3) is 0.176. The van der Waals surface area contributed by atoms with Gasteiger partial charge in [0.2, 0.25) is 0 Å². The van der Waals surface area contributed by atoms with Gasteiger partial charge in [0.1, 0.15) is 0 Å². The highest BCUT2D eigenvalue weighted by Crippen LogP contribution is 2.30. The first-order valence-electron chi connectivity index (χ1n) is 7.32. The maximum atomic E-state index is 12.6. The van der Waals surface area contributed by atoms with Gasteiger partial charge in [-0.1, -0.05) is 53.5 Å². The highest BCUT2D eigenvalue weighted by molar-refractivity contribution is 7.91. The van der Waals surface area contributed by atoms with Crippen LogP contribution >= 0.6 is 34.5 Å². The SMILES string of the molecule is O=S(=O)(CCNCc1ccc(Cl)s1)c1ccc2ccccc2c1Cl. The van der Waals surface area contributed by atoms with Crippen molar-refractivity contribution in [1.29, 1.82) is 0 Å². The molecule has 0 amide bonds. The van der Waals surface area contributed by atoms with Crippen LogP contribution in [0.15, 0.2) is 53.4 Å². The standard InChI is InChI=1S/C17H15Cl2NO2S2/c18-16-8-6-13(23-16)11-20-9-10-24(21,22)15-7-5-12-3-1-2-4-14(12)17(15)19/h1-8,20H,9-11H2.